The van der Waals surface area contributed by atoms with Crippen molar-refractivity contribution in [1.82, 2.24) is 5.32 Å². The number of nitrogens with one attached hydrogen (secondary N) is 1. The van der Waals surface area contributed by atoms with E-state index in [4.69, 9.17) is 5.11 Å². The number of amides is 1. The Balaban J connectivity index is 2.19. The van der Waals surface area contributed by atoms with Crippen LogP contribution in [0, 0.1) is 0 Å². The van der Waals surface area contributed by atoms with Crippen LogP contribution < -0.4 is 5.32 Å². The molecule has 1 atom stereocenters. The summed E-state index contributed by atoms with van der Waals surface area (Å²) in [5, 5.41) is 13.3. The molecule has 0 saturated heterocycles. The maximum atomic E-state index is 11.5. The summed E-state index contributed by atoms with van der Waals surface area (Å²) in [4.78, 5) is 22.9. The first kappa shape index (κ1) is 13.7. The number of unbranched alkanes of at least 4 members (excludes halogenated alkanes) is 1. The summed E-state index contributed by atoms with van der Waals surface area (Å²) in [5.41, 5.74) is 0. The lowest BCUT2D eigenvalue weighted by atomic mass is 10.2. The first-order valence-electron chi connectivity index (χ1n) is 5.64. The van der Waals surface area contributed by atoms with Gasteiger partial charge in [-0.3, -0.25) is 9.59 Å². The van der Waals surface area contributed by atoms with Crippen molar-refractivity contribution < 1.29 is 14.7 Å². The summed E-state index contributed by atoms with van der Waals surface area (Å²) in [6.45, 7) is 1.95. The third kappa shape index (κ3) is 5.49. The second kappa shape index (κ2) is 7.06. The Morgan fingerprint density at radius 1 is 1.41 bits per heavy atom. The molecule has 0 radical (unpaired) electrons. The van der Waals surface area contributed by atoms with Crippen LogP contribution in [0.15, 0.2) is 17.5 Å². The molecule has 0 unspecified atom stereocenters. The molecule has 0 bridgehead atoms. The van der Waals surface area contributed by atoms with Gasteiger partial charge in [-0.15, -0.1) is 11.3 Å². The van der Waals surface area contributed by atoms with Crippen molar-refractivity contribution in [1.29, 1.82) is 0 Å². The highest BCUT2D eigenvalue weighted by Gasteiger charge is 2.09. The summed E-state index contributed by atoms with van der Waals surface area (Å²) in [5.74, 6) is -0.825. The lowest BCUT2D eigenvalue weighted by molar-refractivity contribution is -0.137. The Labute approximate surface area is 105 Å². The van der Waals surface area contributed by atoms with E-state index in [0.717, 1.165) is 4.88 Å². The zero-order valence-corrected chi connectivity index (χ0v) is 10.6. The predicted molar refractivity (Wildman–Crippen MR) is 67.0 cm³/mol. The summed E-state index contributed by atoms with van der Waals surface area (Å²) < 4.78 is 0. The van der Waals surface area contributed by atoms with Gasteiger partial charge in [-0.2, -0.15) is 0 Å². The van der Waals surface area contributed by atoms with Gasteiger partial charge in [0, 0.05) is 17.7 Å². The molecule has 0 spiro atoms. The van der Waals surface area contributed by atoms with Crippen LogP contribution in [0.1, 0.15) is 43.5 Å². The van der Waals surface area contributed by atoms with E-state index in [2.05, 4.69) is 5.32 Å². The van der Waals surface area contributed by atoms with Gasteiger partial charge in [0.2, 0.25) is 5.91 Å². The van der Waals surface area contributed by atoms with Crippen molar-refractivity contribution >= 4 is 23.2 Å². The van der Waals surface area contributed by atoms with Crippen LogP contribution in [0.2, 0.25) is 0 Å². The fourth-order valence-electron chi connectivity index (χ4n) is 1.48. The predicted octanol–water partition coefficient (Wildman–Crippen LogP) is 2.57. The first-order chi connectivity index (χ1) is 8.09. The van der Waals surface area contributed by atoms with Crippen molar-refractivity contribution in [2.24, 2.45) is 0 Å². The maximum Gasteiger partial charge on any atom is 0.303 e. The quantitative estimate of drug-likeness (QED) is 0.736. The van der Waals surface area contributed by atoms with Gasteiger partial charge in [0.25, 0.3) is 0 Å². The zero-order chi connectivity index (χ0) is 12.7. The lowest BCUT2D eigenvalue weighted by Crippen LogP contribution is -2.25. The van der Waals surface area contributed by atoms with Gasteiger partial charge in [0.05, 0.1) is 6.04 Å². The van der Waals surface area contributed by atoms with E-state index in [1.54, 1.807) is 11.3 Å². The molecule has 0 aliphatic carbocycles. The first-order valence-corrected chi connectivity index (χ1v) is 6.52. The van der Waals surface area contributed by atoms with Crippen molar-refractivity contribution in [2.45, 2.75) is 38.6 Å². The van der Waals surface area contributed by atoms with E-state index in [9.17, 15) is 9.59 Å². The highest BCUT2D eigenvalue weighted by Crippen LogP contribution is 2.18. The Hall–Kier alpha value is -1.36. The number of carboxylic acid groups (broad SMARTS) is 1. The van der Waals surface area contributed by atoms with Gasteiger partial charge in [0.1, 0.15) is 0 Å². The molecule has 0 aliphatic heterocycles. The Bertz CT molecular complexity index is 362. The fourth-order valence-corrected chi connectivity index (χ4v) is 2.22. The number of carbonyl (C=O) groups excluding carboxylic acids is 1. The average Bonchev–Trinajstić information content (AvgIpc) is 2.77. The zero-order valence-electron chi connectivity index (χ0n) is 9.81. The molecule has 1 aromatic heterocycles. The van der Waals surface area contributed by atoms with E-state index in [1.807, 2.05) is 24.4 Å². The second-order valence-electron chi connectivity index (χ2n) is 3.91. The van der Waals surface area contributed by atoms with Gasteiger partial charge >= 0.3 is 5.97 Å². The number of hydrogen-bond acceptors (Lipinski definition) is 3. The number of hydrogen-bond donors (Lipinski definition) is 2. The van der Waals surface area contributed by atoms with Crippen LogP contribution in [0.4, 0.5) is 0 Å². The summed E-state index contributed by atoms with van der Waals surface area (Å²) in [6, 6.07) is 3.97. The molecule has 17 heavy (non-hydrogen) atoms. The molecular weight excluding hydrogens is 238 g/mol. The molecule has 1 rings (SSSR count). The molecule has 94 valence electrons. The van der Waals surface area contributed by atoms with E-state index in [1.165, 1.54) is 0 Å². The van der Waals surface area contributed by atoms with Gasteiger partial charge in [-0.25, -0.2) is 0 Å². The molecule has 0 aliphatic rings. The minimum absolute atomic E-state index is 0.0173. The van der Waals surface area contributed by atoms with Crippen LogP contribution in [0.25, 0.3) is 0 Å². The monoisotopic (exact) mass is 255 g/mol. The SMILES string of the molecule is C[C@@H](NC(=O)CCCCC(=O)O)c1cccs1. The summed E-state index contributed by atoms with van der Waals surface area (Å²) in [7, 11) is 0. The molecule has 1 aromatic rings. The molecule has 5 heteroatoms. The maximum absolute atomic E-state index is 11.5. The number of carbonyl (C=O) groups is 2. The van der Waals surface area contributed by atoms with Gasteiger partial charge in [0.15, 0.2) is 0 Å². The molecule has 1 heterocycles. The lowest BCUT2D eigenvalue weighted by Gasteiger charge is -2.11. The van der Waals surface area contributed by atoms with Crippen LogP contribution >= 0.6 is 11.3 Å². The highest BCUT2D eigenvalue weighted by molar-refractivity contribution is 7.10. The summed E-state index contributed by atoms with van der Waals surface area (Å²) in [6.07, 6.45) is 1.70. The minimum Gasteiger partial charge on any atom is -0.481 e. The van der Waals surface area contributed by atoms with E-state index >= 15 is 0 Å². The highest BCUT2D eigenvalue weighted by atomic mass is 32.1. The molecule has 0 aromatic carbocycles. The topological polar surface area (TPSA) is 66.4 Å². The Kier molecular flexibility index (Phi) is 5.69. The standard InChI is InChI=1S/C12H17NO3S/c1-9(10-5-4-8-17-10)13-11(14)6-2-3-7-12(15)16/h4-5,8-9H,2-3,6-7H2,1H3,(H,13,14)(H,15,16)/t9-/m1/s1. The fraction of sp³-hybridized carbons (Fsp3) is 0.500. The molecule has 1 amide bonds. The third-order valence-electron chi connectivity index (χ3n) is 2.39. The number of rotatable bonds is 7. The number of thiophene rings is 1. The number of aliphatic carboxylic acids is 1. The minimum atomic E-state index is -0.808. The molecule has 0 saturated carbocycles. The smallest absolute Gasteiger partial charge is 0.303 e. The molecular formula is C12H17NO3S. The van der Waals surface area contributed by atoms with Crippen LogP contribution in [-0.2, 0) is 9.59 Å². The van der Waals surface area contributed by atoms with Gasteiger partial charge < -0.3 is 10.4 Å². The van der Waals surface area contributed by atoms with E-state index in [0.29, 0.717) is 19.3 Å². The number of carboxylic acids is 1. The summed E-state index contributed by atoms with van der Waals surface area (Å²) >= 11 is 1.61. The third-order valence-corrected chi connectivity index (χ3v) is 3.45. The average molecular weight is 255 g/mol. The second-order valence-corrected chi connectivity index (χ2v) is 4.88. The van der Waals surface area contributed by atoms with E-state index in [-0.39, 0.29) is 18.4 Å². The van der Waals surface area contributed by atoms with Crippen molar-refractivity contribution in [3.8, 4) is 0 Å². The Morgan fingerprint density at radius 2 is 2.12 bits per heavy atom. The van der Waals surface area contributed by atoms with Crippen LogP contribution in [0.3, 0.4) is 0 Å². The van der Waals surface area contributed by atoms with Crippen LogP contribution in [-0.4, -0.2) is 17.0 Å². The van der Waals surface area contributed by atoms with Crippen molar-refractivity contribution in [3.63, 3.8) is 0 Å². The van der Waals surface area contributed by atoms with E-state index < -0.39 is 5.97 Å². The van der Waals surface area contributed by atoms with Gasteiger partial charge in [-0.05, 0) is 31.2 Å². The molecule has 2 N–H and O–H groups in total. The van der Waals surface area contributed by atoms with Crippen LogP contribution in [0.5, 0.6) is 0 Å². The Morgan fingerprint density at radius 3 is 2.71 bits per heavy atom. The van der Waals surface area contributed by atoms with Gasteiger partial charge in [-0.1, -0.05) is 6.07 Å². The molecule has 0 fully saturated rings. The molecule has 4 nitrogen and oxygen atoms in total. The largest absolute Gasteiger partial charge is 0.481 e. The van der Waals surface area contributed by atoms with Crippen molar-refractivity contribution in [2.75, 3.05) is 0 Å². The normalized spacial score (nSPS) is 12.1. The van der Waals surface area contributed by atoms with Crippen molar-refractivity contribution in [3.05, 3.63) is 22.4 Å².